The fraction of sp³-hybridized carbons (Fsp3) is 0.500. The van der Waals surface area contributed by atoms with E-state index in [0.29, 0.717) is 16.9 Å². The minimum atomic E-state index is -4.57. The van der Waals surface area contributed by atoms with Gasteiger partial charge in [0.1, 0.15) is 6.33 Å². The molecule has 0 radical (unpaired) electrons. The van der Waals surface area contributed by atoms with E-state index in [9.17, 15) is 30.0 Å². The second kappa shape index (κ2) is 7.59. The molecule has 14 heteroatoms. The summed E-state index contributed by atoms with van der Waals surface area (Å²) in [7, 11) is -5.95. The molecule has 1 unspecified atom stereocenters. The van der Waals surface area contributed by atoms with Gasteiger partial charge in [-0.05, 0) is 37.5 Å². The molecule has 1 aromatic heterocycles. The normalized spacial score (nSPS) is 16.9. The van der Waals surface area contributed by atoms with Gasteiger partial charge in [0, 0.05) is 26.2 Å². The summed E-state index contributed by atoms with van der Waals surface area (Å²) < 4.78 is 92.2. The maximum absolute atomic E-state index is 13.2. The molecule has 166 valence electrons. The standard InChI is InChI=1S/C16H20F3N5O4S2/c1-11(12-5-4-6-13(9-12)16(17,18)19)24(14-7-8-14)29(25,26)15-20-10-23(21-15)30(27,28)22(2)3/h4-6,9-11,14H,7-8H2,1-3H3. The summed E-state index contributed by atoms with van der Waals surface area (Å²) in [5.74, 6) is 0. The van der Waals surface area contributed by atoms with Crippen molar-refractivity contribution in [2.45, 2.75) is 43.2 Å². The van der Waals surface area contributed by atoms with Gasteiger partial charge in [0.05, 0.1) is 5.56 Å². The lowest BCUT2D eigenvalue weighted by Crippen LogP contribution is -2.36. The molecule has 0 bridgehead atoms. The Balaban J connectivity index is 2.00. The topological polar surface area (TPSA) is 105 Å². The van der Waals surface area contributed by atoms with Crippen LogP contribution < -0.4 is 0 Å². The first kappa shape index (κ1) is 22.7. The molecule has 1 saturated carbocycles. The highest BCUT2D eigenvalue weighted by molar-refractivity contribution is 7.89. The zero-order valence-electron chi connectivity index (χ0n) is 16.3. The second-order valence-electron chi connectivity index (χ2n) is 7.06. The number of halogens is 3. The van der Waals surface area contributed by atoms with E-state index in [1.807, 2.05) is 0 Å². The Morgan fingerprint density at radius 1 is 1.17 bits per heavy atom. The molecule has 0 spiro atoms. The van der Waals surface area contributed by atoms with E-state index in [2.05, 4.69) is 10.1 Å². The molecule has 0 aliphatic heterocycles. The number of alkyl halides is 3. The van der Waals surface area contributed by atoms with Crippen LogP contribution in [0.15, 0.2) is 35.7 Å². The van der Waals surface area contributed by atoms with Crippen LogP contribution in [-0.4, -0.2) is 59.8 Å². The highest BCUT2D eigenvalue weighted by Gasteiger charge is 2.44. The Hall–Kier alpha value is -2.03. The zero-order valence-corrected chi connectivity index (χ0v) is 17.9. The fourth-order valence-electron chi connectivity index (χ4n) is 2.90. The SMILES string of the molecule is CC(c1cccc(C(F)(F)F)c1)N(C1CC1)S(=O)(=O)c1ncn(S(=O)(=O)N(C)C)n1. The predicted molar refractivity (Wildman–Crippen MR) is 99.9 cm³/mol. The van der Waals surface area contributed by atoms with Crippen LogP contribution in [-0.2, 0) is 26.4 Å². The number of hydrogen-bond donors (Lipinski definition) is 0. The highest BCUT2D eigenvalue weighted by atomic mass is 32.2. The van der Waals surface area contributed by atoms with Gasteiger partial charge in [-0.15, -0.1) is 9.19 Å². The van der Waals surface area contributed by atoms with Gasteiger partial charge in [0.25, 0.3) is 15.2 Å². The molecule has 9 nitrogen and oxygen atoms in total. The maximum atomic E-state index is 13.2. The van der Waals surface area contributed by atoms with Crippen molar-refractivity contribution in [3.63, 3.8) is 0 Å². The van der Waals surface area contributed by atoms with Gasteiger partial charge >= 0.3 is 16.4 Å². The summed E-state index contributed by atoms with van der Waals surface area (Å²) in [6.45, 7) is 1.47. The number of benzene rings is 1. The smallest absolute Gasteiger partial charge is 0.203 e. The van der Waals surface area contributed by atoms with Gasteiger partial charge in [-0.25, -0.2) is 13.4 Å². The van der Waals surface area contributed by atoms with Crippen molar-refractivity contribution in [3.05, 3.63) is 41.7 Å². The van der Waals surface area contributed by atoms with Crippen molar-refractivity contribution in [1.29, 1.82) is 0 Å². The third-order valence-corrected chi connectivity index (χ3v) is 8.03. The number of aromatic nitrogens is 3. The van der Waals surface area contributed by atoms with Crippen LogP contribution in [0.2, 0.25) is 0 Å². The van der Waals surface area contributed by atoms with Crippen molar-refractivity contribution in [2.24, 2.45) is 0 Å². The van der Waals surface area contributed by atoms with Crippen LogP contribution >= 0.6 is 0 Å². The average Bonchev–Trinajstić information content (AvgIpc) is 3.32. The highest BCUT2D eigenvalue weighted by Crippen LogP contribution is 2.39. The Morgan fingerprint density at radius 2 is 1.80 bits per heavy atom. The van der Waals surface area contributed by atoms with E-state index >= 15 is 0 Å². The Kier molecular flexibility index (Phi) is 5.73. The molecule has 1 aliphatic rings. The molecule has 1 atom stereocenters. The van der Waals surface area contributed by atoms with Crippen LogP contribution in [0.1, 0.15) is 36.9 Å². The van der Waals surface area contributed by atoms with Gasteiger partial charge < -0.3 is 0 Å². The van der Waals surface area contributed by atoms with E-state index in [0.717, 1.165) is 27.1 Å². The lowest BCUT2D eigenvalue weighted by atomic mass is 10.0. The van der Waals surface area contributed by atoms with Crippen LogP contribution in [0.3, 0.4) is 0 Å². The van der Waals surface area contributed by atoms with E-state index in [4.69, 9.17) is 0 Å². The van der Waals surface area contributed by atoms with Crippen LogP contribution in [0.25, 0.3) is 0 Å². The van der Waals surface area contributed by atoms with Crippen LogP contribution in [0.4, 0.5) is 13.2 Å². The maximum Gasteiger partial charge on any atom is 0.416 e. The molecule has 30 heavy (non-hydrogen) atoms. The van der Waals surface area contributed by atoms with Gasteiger partial charge in [-0.2, -0.15) is 30.2 Å². The molecule has 0 saturated heterocycles. The summed E-state index contributed by atoms with van der Waals surface area (Å²) in [6.07, 6.45) is -2.75. The molecule has 1 fully saturated rings. The molecular formula is C16H20F3N5O4S2. The molecule has 1 heterocycles. The first-order valence-corrected chi connectivity index (χ1v) is 11.7. The van der Waals surface area contributed by atoms with Gasteiger partial charge in [-0.3, -0.25) is 0 Å². The van der Waals surface area contributed by atoms with Crippen LogP contribution in [0, 0.1) is 0 Å². The second-order valence-corrected chi connectivity index (χ2v) is 10.8. The number of sulfonamides is 1. The Bertz CT molecular complexity index is 1140. The molecule has 1 aliphatic carbocycles. The van der Waals surface area contributed by atoms with Gasteiger partial charge in [0.15, 0.2) is 0 Å². The van der Waals surface area contributed by atoms with E-state index in [1.165, 1.54) is 33.2 Å². The minimum absolute atomic E-state index is 0.153. The zero-order chi connectivity index (χ0) is 22.5. The first-order valence-electron chi connectivity index (χ1n) is 8.81. The Labute approximate surface area is 172 Å². The van der Waals surface area contributed by atoms with Crippen molar-refractivity contribution < 1.29 is 30.0 Å². The van der Waals surface area contributed by atoms with E-state index < -0.39 is 49.2 Å². The summed E-state index contributed by atoms with van der Waals surface area (Å²) in [5.41, 5.74) is -0.736. The van der Waals surface area contributed by atoms with E-state index in [1.54, 1.807) is 0 Å². The Morgan fingerprint density at radius 3 is 2.33 bits per heavy atom. The number of nitrogens with zero attached hydrogens (tertiary/aromatic N) is 5. The molecule has 0 amide bonds. The van der Waals surface area contributed by atoms with Crippen LogP contribution in [0.5, 0.6) is 0 Å². The molecule has 1 aromatic carbocycles. The minimum Gasteiger partial charge on any atom is -0.203 e. The van der Waals surface area contributed by atoms with Crippen molar-refractivity contribution in [1.82, 2.24) is 22.8 Å². The molecule has 2 aromatic rings. The fourth-order valence-corrected chi connectivity index (χ4v) is 5.33. The van der Waals surface area contributed by atoms with Gasteiger partial charge in [0.2, 0.25) is 0 Å². The molecule has 3 rings (SSSR count). The first-order chi connectivity index (χ1) is 13.8. The van der Waals surface area contributed by atoms with Crippen molar-refractivity contribution in [3.8, 4) is 0 Å². The quantitative estimate of drug-likeness (QED) is 0.616. The summed E-state index contributed by atoms with van der Waals surface area (Å²) >= 11 is 0. The summed E-state index contributed by atoms with van der Waals surface area (Å²) in [5, 5.41) is 2.87. The number of hydrogen-bond acceptors (Lipinski definition) is 6. The summed E-state index contributed by atoms with van der Waals surface area (Å²) in [4.78, 5) is 3.64. The lowest BCUT2D eigenvalue weighted by molar-refractivity contribution is -0.137. The third kappa shape index (κ3) is 4.22. The number of rotatable bonds is 7. The average molecular weight is 467 g/mol. The monoisotopic (exact) mass is 467 g/mol. The summed E-state index contributed by atoms with van der Waals surface area (Å²) in [6, 6.07) is 3.05. The largest absolute Gasteiger partial charge is 0.416 e. The molecule has 0 N–H and O–H groups in total. The predicted octanol–water partition coefficient (Wildman–Crippen LogP) is 1.87. The third-order valence-electron chi connectivity index (χ3n) is 4.64. The lowest BCUT2D eigenvalue weighted by Gasteiger charge is -2.27. The van der Waals surface area contributed by atoms with Crippen molar-refractivity contribution in [2.75, 3.05) is 14.1 Å². The van der Waals surface area contributed by atoms with Gasteiger partial charge in [-0.1, -0.05) is 12.1 Å². The molecular weight excluding hydrogens is 447 g/mol. The van der Waals surface area contributed by atoms with E-state index in [-0.39, 0.29) is 5.56 Å². The van der Waals surface area contributed by atoms with Crippen molar-refractivity contribution >= 4 is 20.2 Å².